The van der Waals surface area contributed by atoms with Crippen LogP contribution in [0.2, 0.25) is 0 Å². The molecule has 0 saturated carbocycles. The van der Waals surface area contributed by atoms with Gasteiger partial charge < -0.3 is 8.98 Å². The summed E-state index contributed by atoms with van der Waals surface area (Å²) >= 11 is 0. The predicted molar refractivity (Wildman–Crippen MR) is 144 cm³/mol. The Kier molecular flexibility index (Phi) is 8.43. The Morgan fingerprint density at radius 3 is 2.24 bits per heavy atom. The SMILES string of the molecule is C/C=C\C=Nc1c(C)ccc2c1oc1ccccc12.CC.Cn1cccc1-c1ccccc1. The Morgan fingerprint density at radius 1 is 0.818 bits per heavy atom. The van der Waals surface area contributed by atoms with Crippen molar-refractivity contribution >= 4 is 33.8 Å². The number of para-hydroxylation sites is 1. The molecule has 2 heterocycles. The summed E-state index contributed by atoms with van der Waals surface area (Å²) in [5.41, 5.74) is 6.33. The zero-order valence-corrected chi connectivity index (χ0v) is 20.1. The number of furan rings is 1. The van der Waals surface area contributed by atoms with Crippen LogP contribution in [-0.4, -0.2) is 10.8 Å². The van der Waals surface area contributed by atoms with Crippen molar-refractivity contribution in [2.45, 2.75) is 27.7 Å². The average Bonchev–Trinajstić information content (AvgIpc) is 3.46. The number of fused-ring (bicyclic) bond motifs is 3. The number of benzene rings is 3. The molecule has 0 spiro atoms. The standard InChI is InChI=1S/C17H15NO.C11H11N.C2H6/c1-3-4-11-18-16-12(2)9-10-14-13-7-5-6-8-15(13)19-17(14)16;1-12-9-5-8-11(12)10-6-3-2-4-7-10;1-2/h3-11H,1-2H3;2-9H,1H3;1-2H3/b4-3-,18-11?;;. The van der Waals surface area contributed by atoms with Gasteiger partial charge in [0.2, 0.25) is 0 Å². The summed E-state index contributed by atoms with van der Waals surface area (Å²) in [4.78, 5) is 4.51. The molecule has 0 aliphatic carbocycles. The van der Waals surface area contributed by atoms with Crippen molar-refractivity contribution in [3.05, 3.63) is 103 Å². The molecule has 3 aromatic carbocycles. The summed E-state index contributed by atoms with van der Waals surface area (Å²) in [5.74, 6) is 0. The molecule has 168 valence electrons. The molecular weight excluding hydrogens is 404 g/mol. The highest BCUT2D eigenvalue weighted by Gasteiger charge is 2.11. The van der Waals surface area contributed by atoms with Gasteiger partial charge in [0.15, 0.2) is 5.58 Å². The lowest BCUT2D eigenvalue weighted by atomic mass is 10.1. The third-order valence-electron chi connectivity index (χ3n) is 5.22. The molecule has 0 saturated heterocycles. The third-order valence-corrected chi connectivity index (χ3v) is 5.22. The molecular formula is C30H32N2O. The van der Waals surface area contributed by atoms with E-state index in [0.717, 1.165) is 33.2 Å². The van der Waals surface area contributed by atoms with E-state index in [4.69, 9.17) is 4.42 Å². The van der Waals surface area contributed by atoms with Crippen molar-refractivity contribution in [1.82, 2.24) is 4.57 Å². The molecule has 0 fully saturated rings. The van der Waals surface area contributed by atoms with E-state index in [1.54, 1.807) is 6.21 Å². The molecule has 0 aliphatic rings. The van der Waals surface area contributed by atoms with Gasteiger partial charge in [-0.1, -0.05) is 80.6 Å². The number of allylic oxidation sites excluding steroid dienone is 2. The Balaban J connectivity index is 0.000000188. The van der Waals surface area contributed by atoms with E-state index in [0.29, 0.717) is 0 Å². The van der Waals surface area contributed by atoms with E-state index >= 15 is 0 Å². The molecule has 33 heavy (non-hydrogen) atoms. The molecule has 0 bridgehead atoms. The number of hydrogen-bond acceptors (Lipinski definition) is 2. The van der Waals surface area contributed by atoms with Crippen molar-refractivity contribution in [2.75, 3.05) is 0 Å². The summed E-state index contributed by atoms with van der Waals surface area (Å²) < 4.78 is 8.08. The number of rotatable bonds is 3. The number of aryl methyl sites for hydroxylation is 2. The van der Waals surface area contributed by atoms with Crippen LogP contribution in [0.4, 0.5) is 5.69 Å². The Hall–Kier alpha value is -3.85. The molecule has 5 rings (SSSR count). The van der Waals surface area contributed by atoms with Gasteiger partial charge in [-0.3, -0.25) is 4.99 Å². The number of hydrogen-bond donors (Lipinski definition) is 0. The zero-order chi connectivity index (χ0) is 23.6. The van der Waals surface area contributed by atoms with Crippen LogP contribution in [0.15, 0.2) is 107 Å². The summed E-state index contributed by atoms with van der Waals surface area (Å²) in [6.07, 6.45) is 7.73. The first-order valence-electron chi connectivity index (χ1n) is 11.4. The van der Waals surface area contributed by atoms with Gasteiger partial charge in [0.25, 0.3) is 0 Å². The fourth-order valence-corrected chi connectivity index (χ4v) is 3.61. The van der Waals surface area contributed by atoms with Crippen molar-refractivity contribution in [2.24, 2.45) is 12.0 Å². The minimum Gasteiger partial charge on any atom is -0.454 e. The monoisotopic (exact) mass is 436 g/mol. The van der Waals surface area contributed by atoms with Gasteiger partial charge in [0, 0.05) is 35.9 Å². The van der Waals surface area contributed by atoms with Crippen LogP contribution in [0.5, 0.6) is 0 Å². The van der Waals surface area contributed by atoms with Crippen molar-refractivity contribution in [3.8, 4) is 11.3 Å². The van der Waals surface area contributed by atoms with E-state index in [9.17, 15) is 0 Å². The quantitative estimate of drug-likeness (QED) is 0.260. The normalized spacial score (nSPS) is 10.9. The van der Waals surface area contributed by atoms with Crippen LogP contribution >= 0.6 is 0 Å². The van der Waals surface area contributed by atoms with Gasteiger partial charge in [0.05, 0.1) is 0 Å². The summed E-state index contributed by atoms with van der Waals surface area (Å²) in [5, 5.41) is 2.26. The predicted octanol–water partition coefficient (Wildman–Crippen LogP) is 8.89. The van der Waals surface area contributed by atoms with Crippen LogP contribution in [0.25, 0.3) is 33.2 Å². The van der Waals surface area contributed by atoms with Crippen LogP contribution < -0.4 is 0 Å². The maximum atomic E-state index is 5.96. The Morgan fingerprint density at radius 2 is 1.55 bits per heavy atom. The van der Waals surface area contributed by atoms with Crippen LogP contribution in [0.3, 0.4) is 0 Å². The highest BCUT2D eigenvalue weighted by atomic mass is 16.3. The first kappa shape index (κ1) is 23.8. The van der Waals surface area contributed by atoms with Gasteiger partial charge in [-0.2, -0.15) is 0 Å². The minimum atomic E-state index is 0.863. The molecule has 0 unspecified atom stereocenters. The number of aromatic nitrogens is 1. The van der Waals surface area contributed by atoms with Gasteiger partial charge >= 0.3 is 0 Å². The second-order valence-electron chi connectivity index (χ2n) is 7.38. The maximum Gasteiger partial charge on any atom is 0.161 e. The smallest absolute Gasteiger partial charge is 0.161 e. The molecule has 0 N–H and O–H groups in total. The largest absolute Gasteiger partial charge is 0.454 e. The molecule has 0 amide bonds. The van der Waals surface area contributed by atoms with Gasteiger partial charge in [-0.15, -0.1) is 0 Å². The van der Waals surface area contributed by atoms with Crippen LogP contribution in [0, 0.1) is 6.92 Å². The second kappa shape index (κ2) is 11.7. The molecule has 0 aliphatic heterocycles. The third kappa shape index (κ3) is 5.50. The first-order chi connectivity index (χ1) is 16.2. The van der Waals surface area contributed by atoms with Gasteiger partial charge in [0.1, 0.15) is 11.3 Å². The highest BCUT2D eigenvalue weighted by Crippen LogP contribution is 2.36. The van der Waals surface area contributed by atoms with Crippen LogP contribution in [-0.2, 0) is 7.05 Å². The fourth-order valence-electron chi connectivity index (χ4n) is 3.61. The minimum absolute atomic E-state index is 0.863. The number of nitrogens with zero attached hydrogens (tertiary/aromatic N) is 2. The topological polar surface area (TPSA) is 30.4 Å². The fraction of sp³-hybridized carbons (Fsp3) is 0.167. The molecule has 3 nitrogen and oxygen atoms in total. The van der Waals surface area contributed by atoms with Crippen molar-refractivity contribution in [1.29, 1.82) is 0 Å². The summed E-state index contributed by atoms with van der Waals surface area (Å²) in [6.45, 7) is 8.02. The molecule has 2 aromatic heterocycles. The van der Waals surface area contributed by atoms with Crippen molar-refractivity contribution in [3.63, 3.8) is 0 Å². The van der Waals surface area contributed by atoms with Gasteiger partial charge in [-0.05, 0) is 49.2 Å². The average molecular weight is 437 g/mol. The van der Waals surface area contributed by atoms with E-state index in [1.807, 2.05) is 57.2 Å². The zero-order valence-electron chi connectivity index (χ0n) is 20.1. The lowest BCUT2D eigenvalue weighted by molar-refractivity contribution is 0.669. The van der Waals surface area contributed by atoms with E-state index in [1.165, 1.54) is 11.3 Å². The summed E-state index contributed by atoms with van der Waals surface area (Å²) in [7, 11) is 2.06. The lowest BCUT2D eigenvalue weighted by Crippen LogP contribution is -1.87. The molecule has 0 radical (unpaired) electrons. The number of aliphatic imine (C=N–C) groups is 1. The molecule has 3 heteroatoms. The summed E-state index contributed by atoms with van der Waals surface area (Å²) in [6, 6.07) is 26.8. The lowest BCUT2D eigenvalue weighted by Gasteiger charge is -2.01. The van der Waals surface area contributed by atoms with E-state index in [2.05, 4.69) is 84.3 Å². The highest BCUT2D eigenvalue weighted by molar-refractivity contribution is 6.09. The van der Waals surface area contributed by atoms with Crippen LogP contribution in [0.1, 0.15) is 26.3 Å². The Labute approximate surface area is 196 Å². The van der Waals surface area contributed by atoms with Crippen molar-refractivity contribution < 1.29 is 4.42 Å². The van der Waals surface area contributed by atoms with E-state index < -0.39 is 0 Å². The second-order valence-corrected chi connectivity index (χ2v) is 7.38. The maximum absolute atomic E-state index is 5.96. The van der Waals surface area contributed by atoms with E-state index in [-0.39, 0.29) is 0 Å². The first-order valence-corrected chi connectivity index (χ1v) is 11.4. The Bertz CT molecular complexity index is 1350. The molecule has 5 aromatic rings. The molecule has 0 atom stereocenters. The van der Waals surface area contributed by atoms with Gasteiger partial charge in [-0.25, -0.2) is 0 Å².